The van der Waals surface area contributed by atoms with Crippen LogP contribution in [0.1, 0.15) is 0 Å². The van der Waals surface area contributed by atoms with Gasteiger partial charge in [-0.2, -0.15) is 9.97 Å². The zero-order valence-electron chi connectivity index (χ0n) is 6.31. The van der Waals surface area contributed by atoms with E-state index < -0.39 is 0 Å². The number of hydrogen-bond donors (Lipinski definition) is 4. The summed E-state index contributed by atoms with van der Waals surface area (Å²) in [6, 6.07) is 0. The minimum atomic E-state index is 0.151. The van der Waals surface area contributed by atoms with Gasteiger partial charge in [0.05, 0.1) is 0 Å². The Morgan fingerprint density at radius 2 is 1.92 bits per heavy atom. The van der Waals surface area contributed by atoms with Crippen LogP contribution in [0.5, 0.6) is 0 Å². The van der Waals surface area contributed by atoms with E-state index in [1.54, 1.807) is 4.40 Å². The quantitative estimate of drug-likeness (QED) is 0.344. The lowest BCUT2D eigenvalue weighted by Crippen LogP contribution is -2.05. The molecule has 3 aromatic rings. The Bertz CT molecular complexity index is 575. The number of aromatic amines is 3. The predicted octanol–water partition coefficient (Wildman–Crippen LogP) is -1.20. The highest BCUT2D eigenvalue weighted by atomic mass is 15.5. The second-order valence-electron chi connectivity index (χ2n) is 2.44. The molecule has 3 aromatic heterocycles. The molecule has 0 fully saturated rings. The second kappa shape index (κ2) is 1.88. The summed E-state index contributed by atoms with van der Waals surface area (Å²) in [7, 11) is 0. The number of rotatable bonds is 0. The van der Waals surface area contributed by atoms with Gasteiger partial charge in [-0.3, -0.25) is 10.2 Å². The average molecular weight is 179 g/mol. The predicted molar refractivity (Wildman–Crippen MR) is 42.4 cm³/mol. The molecule has 0 amide bonds. The lowest BCUT2D eigenvalue weighted by molar-refractivity contribution is 0.837. The molecule has 0 aliphatic rings. The first-order valence-electron chi connectivity index (χ1n) is 3.50. The van der Waals surface area contributed by atoms with Crippen LogP contribution in [0.4, 0.5) is 5.95 Å². The van der Waals surface area contributed by atoms with Crippen molar-refractivity contribution in [2.75, 3.05) is 5.73 Å². The molecule has 0 saturated carbocycles. The SMILES string of the molecule is Nc1nc2nnc3[nH][nH][nH]c(n1)n23. The standard InChI is InChI=1S/C4H5N9/c5-1-6-2-8-9-4-11-12-10-3(7-1)13(2)4/h12H,(H,9,11)(H3,5,6,7,8,10). The third-order valence-corrected chi connectivity index (χ3v) is 1.64. The Kier molecular flexibility index (Phi) is 0.902. The van der Waals surface area contributed by atoms with Crippen molar-refractivity contribution in [3.8, 4) is 0 Å². The number of anilines is 1. The van der Waals surface area contributed by atoms with Gasteiger partial charge in [-0.25, -0.2) is 9.61 Å². The first kappa shape index (κ1) is 6.22. The molecule has 0 saturated heterocycles. The fourth-order valence-corrected chi connectivity index (χ4v) is 1.14. The summed E-state index contributed by atoms with van der Waals surface area (Å²) in [6.45, 7) is 0. The molecule has 3 rings (SSSR count). The van der Waals surface area contributed by atoms with Crippen molar-refractivity contribution in [1.29, 1.82) is 0 Å². The van der Waals surface area contributed by atoms with Crippen LogP contribution >= 0.6 is 0 Å². The van der Waals surface area contributed by atoms with Gasteiger partial charge < -0.3 is 5.73 Å². The van der Waals surface area contributed by atoms with Gasteiger partial charge >= 0.3 is 0 Å². The van der Waals surface area contributed by atoms with Gasteiger partial charge in [0.1, 0.15) is 0 Å². The maximum Gasteiger partial charge on any atom is 0.262 e. The Balaban J connectivity index is 2.70. The van der Waals surface area contributed by atoms with Gasteiger partial charge in [-0.05, 0) is 0 Å². The molecular formula is C4H5N9. The fourth-order valence-electron chi connectivity index (χ4n) is 1.14. The van der Waals surface area contributed by atoms with Gasteiger partial charge in [-0.1, -0.05) is 0 Å². The van der Waals surface area contributed by atoms with Crippen molar-refractivity contribution in [3.63, 3.8) is 0 Å². The topological polar surface area (TPSA) is 129 Å². The van der Waals surface area contributed by atoms with E-state index in [1.807, 2.05) is 0 Å². The van der Waals surface area contributed by atoms with Crippen LogP contribution in [0.2, 0.25) is 0 Å². The van der Waals surface area contributed by atoms with E-state index >= 15 is 0 Å². The number of nitrogen functional groups attached to an aromatic ring is 1. The van der Waals surface area contributed by atoms with Crippen molar-refractivity contribution >= 4 is 23.3 Å². The molecule has 0 spiro atoms. The molecule has 66 valence electrons. The Hall–Kier alpha value is -2.32. The molecule has 9 heteroatoms. The molecule has 0 aliphatic heterocycles. The number of H-pyrrole nitrogens is 3. The second-order valence-corrected chi connectivity index (χ2v) is 2.44. The fraction of sp³-hybridized carbons (Fsp3) is 0. The van der Waals surface area contributed by atoms with Gasteiger partial charge in [0, 0.05) is 0 Å². The maximum absolute atomic E-state index is 5.44. The van der Waals surface area contributed by atoms with Crippen LogP contribution in [-0.2, 0) is 0 Å². The van der Waals surface area contributed by atoms with Crippen molar-refractivity contribution < 1.29 is 0 Å². The third kappa shape index (κ3) is 0.694. The van der Waals surface area contributed by atoms with Crippen LogP contribution < -0.4 is 5.73 Å². The van der Waals surface area contributed by atoms with E-state index in [9.17, 15) is 0 Å². The summed E-state index contributed by atoms with van der Waals surface area (Å²) in [6.07, 6.45) is 0. The smallest absolute Gasteiger partial charge is 0.262 e. The summed E-state index contributed by atoms with van der Waals surface area (Å²) in [4.78, 5) is 7.83. The summed E-state index contributed by atoms with van der Waals surface area (Å²) >= 11 is 0. The zero-order valence-corrected chi connectivity index (χ0v) is 6.31. The van der Waals surface area contributed by atoms with Crippen LogP contribution in [0.25, 0.3) is 17.3 Å². The van der Waals surface area contributed by atoms with E-state index in [1.165, 1.54) is 0 Å². The maximum atomic E-state index is 5.44. The number of nitrogens with zero attached hydrogens (tertiary/aromatic N) is 5. The van der Waals surface area contributed by atoms with Gasteiger partial charge in [0.25, 0.3) is 11.6 Å². The molecule has 9 nitrogen and oxygen atoms in total. The lowest BCUT2D eigenvalue weighted by atomic mass is 10.8. The zero-order chi connectivity index (χ0) is 8.84. The van der Waals surface area contributed by atoms with Crippen LogP contribution in [-0.4, -0.2) is 40.0 Å². The summed E-state index contributed by atoms with van der Waals surface area (Å²) < 4.78 is 1.60. The number of nitrogens with two attached hydrogens (primary N) is 1. The monoisotopic (exact) mass is 179 g/mol. The third-order valence-electron chi connectivity index (χ3n) is 1.64. The molecule has 0 unspecified atom stereocenters. The van der Waals surface area contributed by atoms with Crippen LogP contribution in [0, 0.1) is 0 Å². The summed E-state index contributed by atoms with van der Waals surface area (Å²) in [5.41, 5.74) is 5.44. The van der Waals surface area contributed by atoms with Crippen molar-refractivity contribution in [2.45, 2.75) is 0 Å². The number of nitrogens with one attached hydrogen (secondary N) is 3. The first-order chi connectivity index (χ1) is 6.34. The lowest BCUT2D eigenvalue weighted by Gasteiger charge is -1.99. The molecule has 0 aromatic carbocycles. The number of hydrogen-bond acceptors (Lipinski definition) is 5. The molecule has 0 radical (unpaired) electrons. The van der Waals surface area contributed by atoms with Gasteiger partial charge in [-0.15, -0.1) is 10.2 Å². The number of aromatic nitrogens is 8. The van der Waals surface area contributed by atoms with Crippen molar-refractivity contribution in [3.05, 3.63) is 0 Å². The van der Waals surface area contributed by atoms with Crippen molar-refractivity contribution in [2.24, 2.45) is 0 Å². The minimum absolute atomic E-state index is 0.151. The molecule has 0 bridgehead atoms. The molecule has 0 aliphatic carbocycles. The highest BCUT2D eigenvalue weighted by Crippen LogP contribution is 2.04. The molecule has 5 N–H and O–H groups in total. The van der Waals surface area contributed by atoms with Crippen LogP contribution in [0.15, 0.2) is 0 Å². The molecular weight excluding hydrogens is 174 g/mol. The van der Waals surface area contributed by atoms with E-state index in [2.05, 4.69) is 35.6 Å². The molecule has 13 heavy (non-hydrogen) atoms. The minimum Gasteiger partial charge on any atom is -0.368 e. The van der Waals surface area contributed by atoms with E-state index in [4.69, 9.17) is 5.73 Å². The summed E-state index contributed by atoms with van der Waals surface area (Å²) in [5.74, 6) is 1.57. The summed E-state index contributed by atoms with van der Waals surface area (Å²) in [5, 5.41) is 15.7. The molecule has 3 heterocycles. The van der Waals surface area contributed by atoms with Gasteiger partial charge in [0.15, 0.2) is 0 Å². The largest absolute Gasteiger partial charge is 0.368 e. The van der Waals surface area contributed by atoms with E-state index in [0.29, 0.717) is 17.3 Å². The Morgan fingerprint density at radius 3 is 2.85 bits per heavy atom. The van der Waals surface area contributed by atoms with Gasteiger partial charge in [0.2, 0.25) is 11.7 Å². The highest BCUT2D eigenvalue weighted by Gasteiger charge is 2.07. The normalized spacial score (nSPS) is 11.4. The average Bonchev–Trinajstić information content (AvgIpc) is 2.50. The molecule has 0 atom stereocenters. The highest BCUT2D eigenvalue weighted by molar-refractivity contribution is 5.51. The first-order valence-corrected chi connectivity index (χ1v) is 3.50. The van der Waals surface area contributed by atoms with Crippen molar-refractivity contribution in [1.82, 2.24) is 40.0 Å². The van der Waals surface area contributed by atoms with Crippen LogP contribution in [0.3, 0.4) is 0 Å². The van der Waals surface area contributed by atoms with E-state index in [0.717, 1.165) is 0 Å². The Labute approximate surface area is 70.0 Å². The van der Waals surface area contributed by atoms with E-state index in [-0.39, 0.29) is 5.95 Å². The Morgan fingerprint density at radius 1 is 1.08 bits per heavy atom.